The van der Waals surface area contributed by atoms with Crippen LogP contribution in [0, 0.1) is 13.8 Å². The monoisotopic (exact) mass is 301 g/mol. The van der Waals surface area contributed by atoms with Crippen LogP contribution in [0.15, 0.2) is 53.4 Å². The molecule has 0 aliphatic rings. The highest BCUT2D eigenvalue weighted by Crippen LogP contribution is 2.24. The molecule has 0 atom stereocenters. The van der Waals surface area contributed by atoms with Crippen molar-refractivity contribution < 1.29 is 12.6 Å². The van der Waals surface area contributed by atoms with Crippen LogP contribution >= 0.6 is 0 Å². The predicted octanol–water partition coefficient (Wildman–Crippen LogP) is 3.55. The van der Waals surface area contributed by atoms with Gasteiger partial charge in [-0.25, -0.2) is 0 Å². The minimum Gasteiger partial charge on any atom is -0.379 e. The third kappa shape index (κ3) is 2.78. The molecule has 0 bridgehead atoms. The van der Waals surface area contributed by atoms with E-state index in [1.54, 1.807) is 36.4 Å². The molecule has 0 aliphatic heterocycles. The van der Waals surface area contributed by atoms with Crippen LogP contribution in [0.3, 0.4) is 0 Å². The van der Waals surface area contributed by atoms with Gasteiger partial charge in [-0.3, -0.25) is 0 Å². The van der Waals surface area contributed by atoms with Crippen molar-refractivity contribution in [1.29, 1.82) is 0 Å². The highest BCUT2D eigenvalue weighted by Gasteiger charge is 2.16. The molecule has 0 fully saturated rings. The van der Waals surface area contributed by atoms with Crippen molar-refractivity contribution in [2.75, 3.05) is 0 Å². The molecule has 1 aromatic heterocycles. The van der Waals surface area contributed by atoms with Crippen LogP contribution < -0.4 is 4.18 Å². The quantitative estimate of drug-likeness (QED) is 0.753. The number of rotatable bonds is 3. The van der Waals surface area contributed by atoms with Gasteiger partial charge in [0.25, 0.3) is 0 Å². The van der Waals surface area contributed by atoms with E-state index in [2.05, 4.69) is 4.98 Å². The maximum absolute atomic E-state index is 12.2. The molecule has 108 valence electrons. The maximum Gasteiger partial charge on any atom is 0.339 e. The lowest BCUT2D eigenvalue weighted by atomic mass is 10.2. The molecule has 0 unspecified atom stereocenters. The summed E-state index contributed by atoms with van der Waals surface area (Å²) in [6.07, 6.45) is 0. The first-order chi connectivity index (χ1) is 9.94. The summed E-state index contributed by atoms with van der Waals surface area (Å²) in [5, 5.41) is 0.920. The van der Waals surface area contributed by atoms with Gasteiger partial charge >= 0.3 is 10.1 Å². The molecule has 3 rings (SSSR count). The molecule has 0 saturated carbocycles. The Morgan fingerprint density at radius 2 is 1.67 bits per heavy atom. The van der Waals surface area contributed by atoms with Crippen LogP contribution in [-0.2, 0) is 10.1 Å². The Hall–Kier alpha value is -2.27. The Morgan fingerprint density at radius 3 is 2.38 bits per heavy atom. The van der Waals surface area contributed by atoms with Gasteiger partial charge in [0.15, 0.2) is 0 Å². The number of hydrogen-bond acceptors (Lipinski definition) is 3. The van der Waals surface area contributed by atoms with E-state index in [0.717, 1.165) is 22.2 Å². The molecule has 0 radical (unpaired) electrons. The lowest BCUT2D eigenvalue weighted by Crippen LogP contribution is -2.09. The van der Waals surface area contributed by atoms with E-state index < -0.39 is 10.1 Å². The summed E-state index contributed by atoms with van der Waals surface area (Å²) in [5.41, 5.74) is 2.97. The fraction of sp³-hybridized carbons (Fsp3) is 0.125. The number of fused-ring (bicyclic) bond motifs is 1. The van der Waals surface area contributed by atoms with Crippen LogP contribution in [0.4, 0.5) is 0 Å². The van der Waals surface area contributed by atoms with Gasteiger partial charge in [0.05, 0.1) is 0 Å². The summed E-state index contributed by atoms with van der Waals surface area (Å²) < 4.78 is 29.7. The minimum absolute atomic E-state index is 0.151. The molecule has 0 amide bonds. The van der Waals surface area contributed by atoms with E-state index >= 15 is 0 Å². The zero-order valence-electron chi connectivity index (χ0n) is 11.8. The molecule has 0 aliphatic carbocycles. The lowest BCUT2D eigenvalue weighted by molar-refractivity contribution is 0.486. The van der Waals surface area contributed by atoms with Gasteiger partial charge < -0.3 is 9.17 Å². The van der Waals surface area contributed by atoms with Gasteiger partial charge in [-0.2, -0.15) is 8.42 Å². The molecule has 21 heavy (non-hydrogen) atoms. The molecule has 1 heterocycles. The van der Waals surface area contributed by atoms with E-state index in [-0.39, 0.29) is 4.90 Å². The second kappa shape index (κ2) is 4.93. The molecule has 4 nitrogen and oxygen atoms in total. The summed E-state index contributed by atoms with van der Waals surface area (Å²) in [6, 6.07) is 13.7. The van der Waals surface area contributed by atoms with Gasteiger partial charge in [0.2, 0.25) is 0 Å². The zero-order chi connectivity index (χ0) is 15.0. The summed E-state index contributed by atoms with van der Waals surface area (Å²) in [5.74, 6) is 0.307. The highest BCUT2D eigenvalue weighted by molar-refractivity contribution is 7.87. The average Bonchev–Trinajstić information content (AvgIpc) is 2.78. The number of aromatic nitrogens is 1. The molecule has 1 N–H and O–H groups in total. The largest absolute Gasteiger partial charge is 0.379 e. The van der Waals surface area contributed by atoms with Gasteiger partial charge in [-0.05, 0) is 50.2 Å². The normalized spacial score (nSPS) is 11.7. The fourth-order valence-electron chi connectivity index (χ4n) is 2.19. The Labute approximate surface area is 123 Å². The minimum atomic E-state index is -3.80. The van der Waals surface area contributed by atoms with Crippen molar-refractivity contribution in [1.82, 2.24) is 4.98 Å². The number of H-pyrrole nitrogens is 1. The fourth-order valence-corrected chi connectivity index (χ4v) is 3.11. The first-order valence-electron chi connectivity index (χ1n) is 6.54. The molecule has 0 spiro atoms. The molecule has 3 aromatic rings. The highest BCUT2D eigenvalue weighted by atomic mass is 32.2. The first kappa shape index (κ1) is 13.7. The van der Waals surface area contributed by atoms with Crippen molar-refractivity contribution in [2.24, 2.45) is 0 Å². The Balaban J connectivity index is 1.94. The van der Waals surface area contributed by atoms with Gasteiger partial charge in [-0.1, -0.05) is 17.7 Å². The smallest absolute Gasteiger partial charge is 0.339 e. The lowest BCUT2D eigenvalue weighted by Gasteiger charge is -2.07. The van der Waals surface area contributed by atoms with Gasteiger partial charge in [-0.15, -0.1) is 0 Å². The summed E-state index contributed by atoms with van der Waals surface area (Å²) in [4.78, 5) is 3.33. The van der Waals surface area contributed by atoms with E-state index in [0.29, 0.717) is 5.75 Å². The number of aryl methyl sites for hydroxylation is 2. The van der Waals surface area contributed by atoms with Crippen molar-refractivity contribution in [2.45, 2.75) is 18.7 Å². The van der Waals surface area contributed by atoms with Crippen molar-refractivity contribution in [3.8, 4) is 5.75 Å². The van der Waals surface area contributed by atoms with Crippen molar-refractivity contribution >= 4 is 21.0 Å². The van der Waals surface area contributed by atoms with E-state index in [1.165, 1.54) is 0 Å². The number of nitrogens with one attached hydrogen (secondary N) is 1. The SMILES string of the molecule is Cc1ccc(S(=O)(=O)Oc2ccc3[nH]c(C)cc3c2)cc1. The third-order valence-electron chi connectivity index (χ3n) is 3.24. The van der Waals surface area contributed by atoms with Crippen LogP contribution in [0.1, 0.15) is 11.3 Å². The van der Waals surface area contributed by atoms with E-state index in [1.807, 2.05) is 26.0 Å². The van der Waals surface area contributed by atoms with Crippen molar-refractivity contribution in [3.05, 3.63) is 59.8 Å². The predicted molar refractivity (Wildman–Crippen MR) is 82.0 cm³/mol. The second-order valence-electron chi connectivity index (χ2n) is 5.05. The first-order valence-corrected chi connectivity index (χ1v) is 7.95. The van der Waals surface area contributed by atoms with Crippen LogP contribution in [0.2, 0.25) is 0 Å². The Bertz CT molecular complexity index is 893. The number of aromatic amines is 1. The van der Waals surface area contributed by atoms with Crippen LogP contribution in [-0.4, -0.2) is 13.4 Å². The Kier molecular flexibility index (Phi) is 3.22. The standard InChI is InChI=1S/C16H15NO3S/c1-11-3-6-15(7-4-11)21(18,19)20-14-5-8-16-13(10-14)9-12(2)17-16/h3-10,17H,1-2H3. The molecular formula is C16H15NO3S. The van der Waals surface area contributed by atoms with Gasteiger partial charge in [0, 0.05) is 16.6 Å². The molecule has 5 heteroatoms. The van der Waals surface area contributed by atoms with Gasteiger partial charge in [0.1, 0.15) is 10.6 Å². The maximum atomic E-state index is 12.2. The van der Waals surface area contributed by atoms with Crippen LogP contribution in [0.25, 0.3) is 10.9 Å². The topological polar surface area (TPSA) is 59.2 Å². The number of benzene rings is 2. The zero-order valence-corrected chi connectivity index (χ0v) is 12.6. The molecule has 2 aromatic carbocycles. The van der Waals surface area contributed by atoms with Crippen LogP contribution in [0.5, 0.6) is 5.75 Å². The summed E-state index contributed by atoms with van der Waals surface area (Å²) in [7, 11) is -3.80. The average molecular weight is 301 g/mol. The molecular weight excluding hydrogens is 286 g/mol. The Morgan fingerprint density at radius 1 is 0.952 bits per heavy atom. The number of hydrogen-bond donors (Lipinski definition) is 1. The van der Waals surface area contributed by atoms with E-state index in [9.17, 15) is 8.42 Å². The third-order valence-corrected chi connectivity index (χ3v) is 4.50. The summed E-state index contributed by atoms with van der Waals surface area (Å²) >= 11 is 0. The van der Waals surface area contributed by atoms with Crippen molar-refractivity contribution in [3.63, 3.8) is 0 Å². The van der Waals surface area contributed by atoms with E-state index in [4.69, 9.17) is 4.18 Å². The summed E-state index contributed by atoms with van der Waals surface area (Å²) in [6.45, 7) is 3.85. The second-order valence-corrected chi connectivity index (χ2v) is 6.60. The molecule has 0 saturated heterocycles.